The van der Waals surface area contributed by atoms with Crippen LogP contribution in [0.1, 0.15) is 25.0 Å². The molecule has 3 heterocycles. The highest BCUT2D eigenvalue weighted by atomic mass is 16.5. The first kappa shape index (κ1) is 15.6. The SMILES string of the molecule is O=C(Cc1noc2ccccc12)Nc1cc(N2CCCCC2)ncn1. The molecule has 128 valence electrons. The van der Waals surface area contributed by atoms with Crippen LogP contribution >= 0.6 is 0 Å². The molecule has 0 spiro atoms. The van der Waals surface area contributed by atoms with Crippen molar-refractivity contribution in [3.8, 4) is 0 Å². The fourth-order valence-corrected chi connectivity index (χ4v) is 3.12. The predicted octanol–water partition coefficient (Wildman–Crippen LogP) is 2.79. The number of nitrogens with zero attached hydrogens (tertiary/aromatic N) is 4. The van der Waals surface area contributed by atoms with E-state index in [1.807, 2.05) is 30.3 Å². The summed E-state index contributed by atoms with van der Waals surface area (Å²) in [6.07, 6.45) is 5.23. The minimum absolute atomic E-state index is 0.139. The van der Waals surface area contributed by atoms with Crippen LogP contribution in [-0.2, 0) is 11.2 Å². The average molecular weight is 337 g/mol. The molecule has 0 radical (unpaired) electrons. The Kier molecular flexibility index (Phi) is 4.28. The molecule has 1 aliphatic heterocycles. The van der Waals surface area contributed by atoms with Gasteiger partial charge in [-0.1, -0.05) is 17.3 Å². The molecule has 0 saturated carbocycles. The topological polar surface area (TPSA) is 84.2 Å². The Balaban J connectivity index is 1.45. The molecule has 0 bridgehead atoms. The van der Waals surface area contributed by atoms with Crippen molar-refractivity contribution in [1.82, 2.24) is 15.1 Å². The summed E-state index contributed by atoms with van der Waals surface area (Å²) in [5.41, 5.74) is 1.30. The summed E-state index contributed by atoms with van der Waals surface area (Å²) in [6, 6.07) is 9.33. The van der Waals surface area contributed by atoms with Gasteiger partial charge in [-0.3, -0.25) is 4.79 Å². The van der Waals surface area contributed by atoms with Crippen LogP contribution in [0, 0.1) is 0 Å². The Hall–Kier alpha value is -2.96. The third-order valence-corrected chi connectivity index (χ3v) is 4.38. The van der Waals surface area contributed by atoms with Gasteiger partial charge in [0.25, 0.3) is 0 Å². The molecule has 7 heteroatoms. The number of nitrogens with one attached hydrogen (secondary N) is 1. The van der Waals surface area contributed by atoms with E-state index in [-0.39, 0.29) is 12.3 Å². The zero-order valence-corrected chi connectivity index (χ0v) is 13.8. The van der Waals surface area contributed by atoms with E-state index in [2.05, 4.69) is 25.3 Å². The van der Waals surface area contributed by atoms with Gasteiger partial charge in [-0.05, 0) is 31.4 Å². The van der Waals surface area contributed by atoms with Gasteiger partial charge in [0.15, 0.2) is 5.58 Å². The third-order valence-electron chi connectivity index (χ3n) is 4.38. The van der Waals surface area contributed by atoms with E-state index in [0.29, 0.717) is 17.1 Å². The first-order chi connectivity index (χ1) is 12.3. The number of aromatic nitrogens is 3. The Bertz CT molecular complexity index is 886. The van der Waals surface area contributed by atoms with E-state index in [1.165, 1.54) is 25.6 Å². The van der Waals surface area contributed by atoms with E-state index >= 15 is 0 Å². The smallest absolute Gasteiger partial charge is 0.231 e. The summed E-state index contributed by atoms with van der Waals surface area (Å²) in [6.45, 7) is 1.99. The van der Waals surface area contributed by atoms with E-state index in [9.17, 15) is 4.79 Å². The predicted molar refractivity (Wildman–Crippen MR) is 94.4 cm³/mol. The van der Waals surface area contributed by atoms with Gasteiger partial charge in [0.1, 0.15) is 23.7 Å². The molecule has 25 heavy (non-hydrogen) atoms. The minimum atomic E-state index is -0.178. The van der Waals surface area contributed by atoms with Crippen LogP contribution in [0.4, 0.5) is 11.6 Å². The summed E-state index contributed by atoms with van der Waals surface area (Å²) in [5.74, 6) is 1.19. The lowest BCUT2D eigenvalue weighted by Crippen LogP contribution is -2.30. The van der Waals surface area contributed by atoms with Gasteiger partial charge in [0.2, 0.25) is 5.91 Å². The second-order valence-electron chi connectivity index (χ2n) is 6.16. The van der Waals surface area contributed by atoms with Gasteiger partial charge in [-0.15, -0.1) is 0 Å². The maximum Gasteiger partial charge on any atom is 0.231 e. The van der Waals surface area contributed by atoms with Gasteiger partial charge < -0.3 is 14.7 Å². The third kappa shape index (κ3) is 3.45. The Morgan fingerprint density at radius 1 is 1.16 bits per heavy atom. The van der Waals surface area contributed by atoms with Crippen molar-refractivity contribution < 1.29 is 9.32 Å². The lowest BCUT2D eigenvalue weighted by molar-refractivity contribution is -0.115. The summed E-state index contributed by atoms with van der Waals surface area (Å²) in [5, 5.41) is 7.67. The fourth-order valence-electron chi connectivity index (χ4n) is 3.12. The molecule has 0 unspecified atom stereocenters. The van der Waals surface area contributed by atoms with Crippen LogP contribution < -0.4 is 10.2 Å². The Morgan fingerprint density at radius 2 is 2.00 bits per heavy atom. The van der Waals surface area contributed by atoms with Crippen molar-refractivity contribution in [3.63, 3.8) is 0 Å². The van der Waals surface area contributed by atoms with Crippen LogP contribution in [0.25, 0.3) is 11.0 Å². The van der Waals surface area contributed by atoms with Crippen LogP contribution in [0.2, 0.25) is 0 Å². The average Bonchev–Trinajstić information content (AvgIpc) is 3.06. The zero-order chi connectivity index (χ0) is 17.1. The molecule has 4 rings (SSSR count). The van der Waals surface area contributed by atoms with Crippen molar-refractivity contribution in [2.75, 3.05) is 23.3 Å². The maximum absolute atomic E-state index is 12.3. The number of benzene rings is 1. The molecule has 0 aliphatic carbocycles. The minimum Gasteiger partial charge on any atom is -0.356 e. The van der Waals surface area contributed by atoms with E-state index in [0.717, 1.165) is 24.3 Å². The molecule has 1 aliphatic rings. The lowest BCUT2D eigenvalue weighted by atomic mass is 10.1. The van der Waals surface area contributed by atoms with Gasteiger partial charge >= 0.3 is 0 Å². The number of piperidine rings is 1. The van der Waals surface area contributed by atoms with Gasteiger partial charge in [0, 0.05) is 24.5 Å². The molecule has 1 fully saturated rings. The number of fused-ring (bicyclic) bond motifs is 1. The van der Waals surface area contributed by atoms with E-state index in [4.69, 9.17) is 4.52 Å². The number of anilines is 2. The van der Waals surface area contributed by atoms with Gasteiger partial charge in [-0.25, -0.2) is 9.97 Å². The number of carbonyl (C=O) groups excluding carboxylic acids is 1. The highest BCUT2D eigenvalue weighted by Crippen LogP contribution is 2.20. The molecule has 1 amide bonds. The summed E-state index contributed by atoms with van der Waals surface area (Å²) < 4.78 is 5.24. The van der Waals surface area contributed by atoms with E-state index < -0.39 is 0 Å². The monoisotopic (exact) mass is 337 g/mol. The van der Waals surface area contributed by atoms with Crippen LogP contribution in [0.5, 0.6) is 0 Å². The molecule has 1 saturated heterocycles. The van der Waals surface area contributed by atoms with Crippen LogP contribution in [-0.4, -0.2) is 34.1 Å². The molecule has 1 aromatic carbocycles. The molecule has 2 aromatic heterocycles. The molecular formula is C18H19N5O2. The lowest BCUT2D eigenvalue weighted by Gasteiger charge is -2.27. The van der Waals surface area contributed by atoms with Gasteiger partial charge in [-0.2, -0.15) is 0 Å². The number of hydrogen-bond acceptors (Lipinski definition) is 6. The maximum atomic E-state index is 12.3. The molecular weight excluding hydrogens is 318 g/mol. The normalized spacial score (nSPS) is 14.6. The zero-order valence-electron chi connectivity index (χ0n) is 13.8. The Morgan fingerprint density at radius 3 is 2.88 bits per heavy atom. The van der Waals surface area contributed by atoms with Crippen LogP contribution in [0.15, 0.2) is 41.2 Å². The highest BCUT2D eigenvalue weighted by molar-refractivity contribution is 5.94. The molecule has 1 N–H and O–H groups in total. The fraction of sp³-hybridized carbons (Fsp3) is 0.333. The number of carbonyl (C=O) groups is 1. The molecule has 7 nitrogen and oxygen atoms in total. The quantitative estimate of drug-likeness (QED) is 0.788. The molecule has 0 atom stereocenters. The first-order valence-corrected chi connectivity index (χ1v) is 8.50. The first-order valence-electron chi connectivity index (χ1n) is 8.50. The second kappa shape index (κ2) is 6.88. The van der Waals surface area contributed by atoms with Crippen molar-refractivity contribution >= 4 is 28.5 Å². The standard InChI is InChI=1S/C18H19N5O2/c24-18(10-14-13-6-2-3-7-15(13)25-22-14)21-16-11-17(20-12-19-16)23-8-4-1-5-9-23/h2-3,6-7,11-12H,1,4-5,8-10H2,(H,19,20,21,24). The number of rotatable bonds is 4. The van der Waals surface area contributed by atoms with Crippen molar-refractivity contribution in [3.05, 3.63) is 42.4 Å². The number of hydrogen-bond donors (Lipinski definition) is 1. The summed E-state index contributed by atoms with van der Waals surface area (Å²) in [4.78, 5) is 23.0. The van der Waals surface area contributed by atoms with Gasteiger partial charge in [0.05, 0.1) is 6.42 Å². The summed E-state index contributed by atoms with van der Waals surface area (Å²) in [7, 11) is 0. The van der Waals surface area contributed by atoms with Crippen molar-refractivity contribution in [1.29, 1.82) is 0 Å². The number of para-hydroxylation sites is 1. The van der Waals surface area contributed by atoms with Crippen LogP contribution in [0.3, 0.4) is 0 Å². The molecule has 3 aromatic rings. The largest absolute Gasteiger partial charge is 0.356 e. The van der Waals surface area contributed by atoms with Crippen molar-refractivity contribution in [2.24, 2.45) is 0 Å². The number of amides is 1. The highest BCUT2D eigenvalue weighted by Gasteiger charge is 2.15. The van der Waals surface area contributed by atoms with E-state index in [1.54, 1.807) is 0 Å². The summed E-state index contributed by atoms with van der Waals surface area (Å²) >= 11 is 0. The van der Waals surface area contributed by atoms with Crippen molar-refractivity contribution in [2.45, 2.75) is 25.7 Å². The Labute approximate surface area is 145 Å². The second-order valence-corrected chi connectivity index (χ2v) is 6.16.